The zero-order valence-electron chi connectivity index (χ0n) is 5.91. The predicted molar refractivity (Wildman–Crippen MR) is 44.4 cm³/mol. The highest BCUT2D eigenvalue weighted by Gasteiger charge is 1.89. The van der Waals surface area contributed by atoms with Crippen LogP contribution in [0.1, 0.15) is 5.56 Å². The number of para-hydroxylation sites is 1. The molecule has 2 N–H and O–H groups in total. The second kappa shape index (κ2) is 3.01. The molecule has 0 radical (unpaired) electrons. The molecule has 0 spiro atoms. The Morgan fingerprint density at radius 2 is 2.10 bits per heavy atom. The molecular formula is C8H10N2. The smallest absolute Gasteiger partial charge is 0.0403 e. The molecule has 0 aromatic heterocycles. The first-order valence-electron chi connectivity index (χ1n) is 3.11. The van der Waals surface area contributed by atoms with Gasteiger partial charge in [-0.2, -0.15) is 0 Å². The Morgan fingerprint density at radius 3 is 2.70 bits per heavy atom. The van der Waals surface area contributed by atoms with Crippen LogP contribution in [0, 0.1) is 0 Å². The molecule has 1 aromatic carbocycles. The minimum Gasteiger partial charge on any atom is -0.398 e. The van der Waals surface area contributed by atoms with Crippen LogP contribution in [0.2, 0.25) is 0 Å². The summed E-state index contributed by atoms with van der Waals surface area (Å²) in [7, 11) is 1.73. The number of anilines is 1. The van der Waals surface area contributed by atoms with E-state index in [1.54, 1.807) is 13.3 Å². The molecule has 0 amide bonds. The van der Waals surface area contributed by atoms with E-state index in [0.717, 1.165) is 11.3 Å². The average Bonchev–Trinajstić information content (AvgIpc) is 1.94. The number of nitrogen functional groups attached to an aromatic ring is 1. The molecular weight excluding hydrogens is 124 g/mol. The van der Waals surface area contributed by atoms with Crippen LogP contribution in [0.4, 0.5) is 5.69 Å². The van der Waals surface area contributed by atoms with Gasteiger partial charge in [0, 0.05) is 24.5 Å². The summed E-state index contributed by atoms with van der Waals surface area (Å²) >= 11 is 0. The van der Waals surface area contributed by atoms with Gasteiger partial charge in [0.1, 0.15) is 0 Å². The fourth-order valence-corrected chi connectivity index (χ4v) is 0.768. The van der Waals surface area contributed by atoms with Crippen molar-refractivity contribution < 1.29 is 0 Å². The maximum atomic E-state index is 5.62. The van der Waals surface area contributed by atoms with E-state index >= 15 is 0 Å². The van der Waals surface area contributed by atoms with Crippen molar-refractivity contribution in [2.75, 3.05) is 12.8 Å². The van der Waals surface area contributed by atoms with E-state index in [4.69, 9.17) is 5.73 Å². The number of benzene rings is 1. The highest BCUT2D eigenvalue weighted by Crippen LogP contribution is 2.06. The molecule has 0 aliphatic carbocycles. The molecule has 0 atom stereocenters. The average molecular weight is 134 g/mol. The highest BCUT2D eigenvalue weighted by molar-refractivity contribution is 5.86. The lowest BCUT2D eigenvalue weighted by atomic mass is 10.2. The third kappa shape index (κ3) is 1.35. The third-order valence-electron chi connectivity index (χ3n) is 1.26. The lowest BCUT2D eigenvalue weighted by Crippen LogP contribution is -1.91. The minimum atomic E-state index is 0.771. The summed E-state index contributed by atoms with van der Waals surface area (Å²) in [6.45, 7) is 0. The molecule has 1 rings (SSSR count). The zero-order chi connectivity index (χ0) is 7.40. The SMILES string of the molecule is C/N=C/c1ccccc1N. The molecule has 2 heteroatoms. The number of nitrogens with zero attached hydrogens (tertiary/aromatic N) is 1. The fraction of sp³-hybridized carbons (Fsp3) is 0.125. The van der Waals surface area contributed by atoms with Crippen molar-refractivity contribution in [2.24, 2.45) is 4.99 Å². The first kappa shape index (κ1) is 6.81. The summed E-state index contributed by atoms with van der Waals surface area (Å²) < 4.78 is 0. The van der Waals surface area contributed by atoms with Gasteiger partial charge >= 0.3 is 0 Å². The van der Waals surface area contributed by atoms with Crippen molar-refractivity contribution in [3.05, 3.63) is 29.8 Å². The second-order valence-electron chi connectivity index (χ2n) is 2.02. The fourth-order valence-electron chi connectivity index (χ4n) is 0.768. The Hall–Kier alpha value is -1.31. The van der Waals surface area contributed by atoms with Crippen molar-refractivity contribution in [3.63, 3.8) is 0 Å². The van der Waals surface area contributed by atoms with Gasteiger partial charge in [-0.15, -0.1) is 0 Å². The molecule has 0 aliphatic heterocycles. The molecule has 0 bridgehead atoms. The van der Waals surface area contributed by atoms with E-state index in [-0.39, 0.29) is 0 Å². The van der Waals surface area contributed by atoms with Gasteiger partial charge in [-0.1, -0.05) is 18.2 Å². The summed E-state index contributed by atoms with van der Waals surface area (Å²) in [6, 6.07) is 7.63. The summed E-state index contributed by atoms with van der Waals surface area (Å²) in [5.74, 6) is 0. The molecule has 0 saturated carbocycles. The highest BCUT2D eigenvalue weighted by atomic mass is 14.6. The molecule has 2 nitrogen and oxygen atoms in total. The summed E-state index contributed by atoms with van der Waals surface area (Å²) in [5.41, 5.74) is 7.36. The van der Waals surface area contributed by atoms with E-state index in [0.29, 0.717) is 0 Å². The second-order valence-corrected chi connectivity index (χ2v) is 2.02. The van der Waals surface area contributed by atoms with Gasteiger partial charge in [0.15, 0.2) is 0 Å². The molecule has 1 aromatic rings. The Labute approximate surface area is 60.4 Å². The van der Waals surface area contributed by atoms with Crippen LogP contribution >= 0.6 is 0 Å². The van der Waals surface area contributed by atoms with Crippen molar-refractivity contribution in [3.8, 4) is 0 Å². The molecule has 0 aliphatic rings. The van der Waals surface area contributed by atoms with Crippen molar-refractivity contribution >= 4 is 11.9 Å². The van der Waals surface area contributed by atoms with Gasteiger partial charge < -0.3 is 5.73 Å². The van der Waals surface area contributed by atoms with E-state index in [9.17, 15) is 0 Å². The first-order valence-corrected chi connectivity index (χ1v) is 3.11. The maximum absolute atomic E-state index is 5.62. The lowest BCUT2D eigenvalue weighted by molar-refractivity contribution is 1.46. The summed E-state index contributed by atoms with van der Waals surface area (Å²) in [5, 5.41) is 0. The van der Waals surface area contributed by atoms with Crippen LogP contribution < -0.4 is 5.73 Å². The standard InChI is InChI=1S/C8H10N2/c1-10-6-7-4-2-3-5-8(7)9/h2-6H,9H2,1H3/b10-6+. The molecule has 0 saturated heterocycles. The van der Waals surface area contributed by atoms with Gasteiger partial charge in [-0.25, -0.2) is 0 Å². The van der Waals surface area contributed by atoms with E-state index in [1.807, 2.05) is 24.3 Å². The monoisotopic (exact) mass is 134 g/mol. The number of hydrogen-bond acceptors (Lipinski definition) is 2. The molecule has 0 unspecified atom stereocenters. The van der Waals surface area contributed by atoms with E-state index in [1.165, 1.54) is 0 Å². The molecule has 0 fully saturated rings. The number of nitrogens with two attached hydrogens (primary N) is 1. The third-order valence-corrected chi connectivity index (χ3v) is 1.26. The van der Waals surface area contributed by atoms with E-state index < -0.39 is 0 Å². The molecule has 52 valence electrons. The predicted octanol–water partition coefficient (Wildman–Crippen LogP) is 1.32. The van der Waals surface area contributed by atoms with Crippen LogP contribution in [0.3, 0.4) is 0 Å². The van der Waals surface area contributed by atoms with Crippen LogP contribution in [0.5, 0.6) is 0 Å². The van der Waals surface area contributed by atoms with Crippen LogP contribution in [-0.2, 0) is 0 Å². The van der Waals surface area contributed by atoms with Gasteiger partial charge in [0.25, 0.3) is 0 Å². The topological polar surface area (TPSA) is 38.4 Å². The van der Waals surface area contributed by atoms with Crippen molar-refractivity contribution in [1.82, 2.24) is 0 Å². The largest absolute Gasteiger partial charge is 0.398 e. The first-order chi connectivity index (χ1) is 4.84. The Morgan fingerprint density at radius 1 is 1.40 bits per heavy atom. The summed E-state index contributed by atoms with van der Waals surface area (Å²) in [6.07, 6.45) is 1.75. The number of rotatable bonds is 1. The van der Waals surface area contributed by atoms with Gasteiger partial charge in [0.2, 0.25) is 0 Å². The van der Waals surface area contributed by atoms with Gasteiger partial charge in [-0.05, 0) is 6.07 Å². The normalized spacial score (nSPS) is 10.5. The Kier molecular flexibility index (Phi) is 2.05. The van der Waals surface area contributed by atoms with Crippen molar-refractivity contribution in [2.45, 2.75) is 0 Å². The quantitative estimate of drug-likeness (QED) is 0.456. The molecule has 10 heavy (non-hydrogen) atoms. The molecule has 0 heterocycles. The Balaban J connectivity index is 3.03. The number of hydrogen-bond donors (Lipinski definition) is 1. The van der Waals surface area contributed by atoms with Crippen molar-refractivity contribution in [1.29, 1.82) is 0 Å². The van der Waals surface area contributed by atoms with Crippen LogP contribution in [0.25, 0.3) is 0 Å². The lowest BCUT2D eigenvalue weighted by Gasteiger charge is -1.95. The maximum Gasteiger partial charge on any atom is 0.0403 e. The number of aliphatic imine (C=N–C) groups is 1. The Bertz CT molecular complexity index is 241. The minimum absolute atomic E-state index is 0.771. The van der Waals surface area contributed by atoms with Crippen LogP contribution in [-0.4, -0.2) is 13.3 Å². The van der Waals surface area contributed by atoms with Gasteiger partial charge in [-0.3, -0.25) is 4.99 Å². The summed E-state index contributed by atoms with van der Waals surface area (Å²) in [4.78, 5) is 3.86. The van der Waals surface area contributed by atoms with Gasteiger partial charge in [0.05, 0.1) is 0 Å². The van der Waals surface area contributed by atoms with Crippen LogP contribution in [0.15, 0.2) is 29.3 Å². The zero-order valence-corrected chi connectivity index (χ0v) is 5.91. The van der Waals surface area contributed by atoms with E-state index in [2.05, 4.69) is 4.99 Å².